The number of aromatic nitrogens is 4. The summed E-state index contributed by atoms with van der Waals surface area (Å²) in [6.07, 6.45) is 2.41. The molecule has 0 spiro atoms. The molecular formula is C34H30IN5O. The van der Waals surface area contributed by atoms with Gasteiger partial charge in [0.15, 0.2) is 0 Å². The summed E-state index contributed by atoms with van der Waals surface area (Å²) in [4.78, 5) is 27.1. The summed E-state index contributed by atoms with van der Waals surface area (Å²) in [5.74, 6) is 2.23. The van der Waals surface area contributed by atoms with E-state index in [0.29, 0.717) is 16.7 Å². The van der Waals surface area contributed by atoms with Crippen LogP contribution in [0.2, 0.25) is 0 Å². The number of fused-ring (bicyclic) bond motifs is 2. The van der Waals surface area contributed by atoms with Gasteiger partial charge in [0.05, 0.1) is 34.3 Å². The molecule has 6 nitrogen and oxygen atoms in total. The maximum atomic E-state index is 14.3. The van der Waals surface area contributed by atoms with Crippen molar-refractivity contribution in [2.45, 2.75) is 26.4 Å². The number of para-hydroxylation sites is 3. The maximum absolute atomic E-state index is 14.3. The number of piperidine rings is 1. The van der Waals surface area contributed by atoms with E-state index in [2.05, 4.69) is 63.2 Å². The Morgan fingerprint density at radius 1 is 0.805 bits per heavy atom. The average Bonchev–Trinajstić information content (AvgIpc) is 3.37. The quantitative estimate of drug-likeness (QED) is 0.183. The van der Waals surface area contributed by atoms with E-state index in [-0.39, 0.29) is 5.56 Å². The zero-order valence-corrected chi connectivity index (χ0v) is 25.0. The molecule has 1 fully saturated rings. The fourth-order valence-corrected chi connectivity index (χ4v) is 6.34. The highest BCUT2D eigenvalue weighted by atomic mass is 127. The van der Waals surface area contributed by atoms with E-state index >= 15 is 0 Å². The molecule has 204 valence electrons. The van der Waals surface area contributed by atoms with E-state index in [1.807, 2.05) is 72.8 Å². The second kappa shape index (κ2) is 10.9. The lowest BCUT2D eigenvalue weighted by molar-refractivity contribution is 0.157. The molecule has 7 heteroatoms. The van der Waals surface area contributed by atoms with Crippen LogP contribution in [0.1, 0.15) is 19.8 Å². The monoisotopic (exact) mass is 651 g/mol. The van der Waals surface area contributed by atoms with Gasteiger partial charge in [-0.15, -0.1) is 0 Å². The van der Waals surface area contributed by atoms with Gasteiger partial charge in [0.1, 0.15) is 11.6 Å². The predicted octanol–water partition coefficient (Wildman–Crippen LogP) is 7.36. The molecule has 0 saturated carbocycles. The highest BCUT2D eigenvalue weighted by Gasteiger charge is 2.23. The van der Waals surface area contributed by atoms with Gasteiger partial charge in [0.25, 0.3) is 5.56 Å². The molecule has 1 aliphatic heterocycles. The first-order valence-electron chi connectivity index (χ1n) is 14.1. The number of imidazole rings is 1. The SMILES string of the molecule is CC1CCN(Cn2c(-c3ccccc3-n3c(-c4ccccc4)nc4ccc(I)cc4c3=O)nc3ccccc32)CC1. The zero-order chi connectivity index (χ0) is 27.9. The summed E-state index contributed by atoms with van der Waals surface area (Å²) in [6, 6.07) is 32.2. The third-order valence-electron chi connectivity index (χ3n) is 8.12. The van der Waals surface area contributed by atoms with Crippen LogP contribution in [0.25, 0.3) is 50.4 Å². The van der Waals surface area contributed by atoms with E-state index in [1.54, 1.807) is 4.57 Å². The molecule has 0 atom stereocenters. The van der Waals surface area contributed by atoms with Gasteiger partial charge >= 0.3 is 0 Å². The van der Waals surface area contributed by atoms with Crippen molar-refractivity contribution in [2.75, 3.05) is 13.1 Å². The van der Waals surface area contributed by atoms with Gasteiger partial charge < -0.3 is 4.57 Å². The van der Waals surface area contributed by atoms with E-state index in [0.717, 1.165) is 62.9 Å². The van der Waals surface area contributed by atoms with Crippen LogP contribution >= 0.6 is 22.6 Å². The van der Waals surface area contributed by atoms with E-state index in [4.69, 9.17) is 9.97 Å². The van der Waals surface area contributed by atoms with Gasteiger partial charge in [-0.25, -0.2) is 9.97 Å². The Morgan fingerprint density at radius 2 is 1.51 bits per heavy atom. The summed E-state index contributed by atoms with van der Waals surface area (Å²) in [6.45, 7) is 5.23. The highest BCUT2D eigenvalue weighted by Crippen LogP contribution is 2.32. The lowest BCUT2D eigenvalue weighted by Gasteiger charge is -2.31. The lowest BCUT2D eigenvalue weighted by Crippen LogP contribution is -2.34. The van der Waals surface area contributed by atoms with E-state index in [1.165, 1.54) is 12.8 Å². The first kappa shape index (κ1) is 26.1. The highest BCUT2D eigenvalue weighted by molar-refractivity contribution is 14.1. The maximum Gasteiger partial charge on any atom is 0.266 e. The predicted molar refractivity (Wildman–Crippen MR) is 174 cm³/mol. The molecule has 1 aliphatic rings. The first-order valence-corrected chi connectivity index (χ1v) is 15.2. The van der Waals surface area contributed by atoms with Gasteiger partial charge in [-0.05, 0) is 83.8 Å². The number of benzene rings is 4. The van der Waals surface area contributed by atoms with Gasteiger partial charge in [-0.1, -0.05) is 61.5 Å². The largest absolute Gasteiger partial charge is 0.310 e. The van der Waals surface area contributed by atoms with Crippen LogP contribution in [-0.2, 0) is 6.67 Å². The van der Waals surface area contributed by atoms with Crippen molar-refractivity contribution in [3.8, 4) is 28.5 Å². The van der Waals surface area contributed by atoms with E-state index in [9.17, 15) is 4.79 Å². The normalized spacial score (nSPS) is 14.7. The standard InChI is InChI=1S/C34H30IN5O/c1-23-17-19-38(20-18-23)22-39-31-14-8-6-12-29(31)37-33(39)26-11-5-7-13-30(26)40-32(24-9-3-2-4-10-24)36-28-16-15-25(35)21-27(28)34(40)41/h2-16,21,23H,17-20,22H2,1H3. The third kappa shape index (κ3) is 4.87. The number of hydrogen-bond acceptors (Lipinski definition) is 4. The Balaban J connectivity index is 1.48. The van der Waals surface area contributed by atoms with Crippen LogP contribution in [-0.4, -0.2) is 37.1 Å². The van der Waals surface area contributed by atoms with Crippen LogP contribution in [0, 0.1) is 9.49 Å². The Bertz CT molecular complexity index is 1940. The van der Waals surface area contributed by atoms with Crippen LogP contribution in [0.3, 0.4) is 0 Å². The van der Waals surface area contributed by atoms with Crippen molar-refractivity contribution in [2.24, 2.45) is 5.92 Å². The fraction of sp³-hybridized carbons (Fsp3) is 0.206. The van der Waals surface area contributed by atoms with Crippen molar-refractivity contribution < 1.29 is 0 Å². The lowest BCUT2D eigenvalue weighted by atomic mass is 10.00. The summed E-state index contributed by atoms with van der Waals surface area (Å²) in [5, 5.41) is 0.599. The van der Waals surface area contributed by atoms with Crippen LogP contribution < -0.4 is 5.56 Å². The smallest absolute Gasteiger partial charge is 0.266 e. The Hall–Kier alpha value is -3.82. The second-order valence-corrected chi connectivity index (χ2v) is 12.2. The summed E-state index contributed by atoms with van der Waals surface area (Å²) >= 11 is 2.25. The van der Waals surface area contributed by atoms with E-state index < -0.39 is 0 Å². The van der Waals surface area contributed by atoms with Crippen molar-refractivity contribution in [3.63, 3.8) is 0 Å². The van der Waals surface area contributed by atoms with Gasteiger partial charge in [-0.3, -0.25) is 14.3 Å². The third-order valence-corrected chi connectivity index (χ3v) is 8.79. The number of halogens is 1. The second-order valence-electron chi connectivity index (χ2n) is 10.9. The summed E-state index contributed by atoms with van der Waals surface area (Å²) in [5.41, 5.74) is 5.20. The van der Waals surface area contributed by atoms with Crippen molar-refractivity contribution in [1.82, 2.24) is 24.0 Å². The molecule has 0 radical (unpaired) electrons. The Kier molecular flexibility index (Phi) is 6.92. The molecule has 7 rings (SSSR count). The zero-order valence-electron chi connectivity index (χ0n) is 22.9. The molecule has 2 aromatic heterocycles. The molecule has 3 heterocycles. The van der Waals surface area contributed by atoms with Crippen molar-refractivity contribution in [1.29, 1.82) is 0 Å². The van der Waals surface area contributed by atoms with Gasteiger partial charge in [-0.2, -0.15) is 0 Å². The molecule has 1 saturated heterocycles. The molecule has 0 N–H and O–H groups in total. The minimum Gasteiger partial charge on any atom is -0.310 e. The van der Waals surface area contributed by atoms with Gasteiger partial charge in [0.2, 0.25) is 0 Å². The van der Waals surface area contributed by atoms with Crippen molar-refractivity contribution >= 4 is 44.5 Å². The molecule has 0 bridgehead atoms. The number of nitrogens with zero attached hydrogens (tertiary/aromatic N) is 5. The molecule has 6 aromatic rings. The first-order chi connectivity index (χ1) is 20.1. The Morgan fingerprint density at radius 3 is 2.34 bits per heavy atom. The molecular weight excluding hydrogens is 621 g/mol. The summed E-state index contributed by atoms with van der Waals surface area (Å²) in [7, 11) is 0. The summed E-state index contributed by atoms with van der Waals surface area (Å²) < 4.78 is 5.09. The molecule has 0 unspecified atom stereocenters. The topological polar surface area (TPSA) is 56.0 Å². The van der Waals surface area contributed by atoms with Crippen LogP contribution in [0.15, 0.2) is 102 Å². The van der Waals surface area contributed by atoms with Crippen LogP contribution in [0.5, 0.6) is 0 Å². The number of likely N-dealkylation sites (tertiary alicyclic amines) is 1. The molecule has 0 aliphatic carbocycles. The average molecular weight is 652 g/mol. The van der Waals surface area contributed by atoms with Gasteiger partial charge in [0, 0.05) is 27.8 Å². The number of hydrogen-bond donors (Lipinski definition) is 0. The molecule has 4 aromatic carbocycles. The fourth-order valence-electron chi connectivity index (χ4n) is 5.85. The molecule has 0 amide bonds. The van der Waals surface area contributed by atoms with Crippen molar-refractivity contribution in [3.05, 3.63) is 111 Å². The minimum atomic E-state index is -0.0903. The molecule has 41 heavy (non-hydrogen) atoms. The Labute approximate surface area is 252 Å². The minimum absolute atomic E-state index is 0.0903. The van der Waals surface area contributed by atoms with Crippen LogP contribution in [0.4, 0.5) is 0 Å². The number of rotatable bonds is 5.